The van der Waals surface area contributed by atoms with Gasteiger partial charge in [-0.25, -0.2) is 0 Å². The molecule has 180 valence electrons. The smallest absolute Gasteiger partial charge is 0.311 e. The molecule has 0 unspecified atom stereocenters. The first-order valence-electron chi connectivity index (χ1n) is 9.68. The fraction of sp³-hybridized carbons (Fsp3) is 0.667. The van der Waals surface area contributed by atoms with Gasteiger partial charge in [0.25, 0.3) is 0 Å². The van der Waals surface area contributed by atoms with Gasteiger partial charge in [0.1, 0.15) is 48.8 Å². The minimum absolute atomic E-state index is 0.263. The predicted molar refractivity (Wildman–Crippen MR) is 100 cm³/mol. The largest absolute Gasteiger partial charge is 0.455 e. The maximum atomic E-state index is 11.2. The van der Waals surface area contributed by atoms with Crippen molar-refractivity contribution >= 4 is 5.69 Å². The van der Waals surface area contributed by atoms with Crippen LogP contribution in [0.25, 0.3) is 0 Å². The third-order valence-electron chi connectivity index (χ3n) is 5.27. The molecule has 0 amide bonds. The van der Waals surface area contributed by atoms with E-state index in [1.165, 1.54) is 18.2 Å². The number of aliphatic hydroxyl groups is 7. The van der Waals surface area contributed by atoms with Crippen LogP contribution in [0.2, 0.25) is 0 Å². The van der Waals surface area contributed by atoms with Crippen molar-refractivity contribution in [3.63, 3.8) is 0 Å². The first-order valence-corrected chi connectivity index (χ1v) is 9.68. The van der Waals surface area contributed by atoms with E-state index in [0.717, 1.165) is 6.07 Å². The molecular formula is C18H25NO13. The van der Waals surface area contributed by atoms with E-state index >= 15 is 0 Å². The van der Waals surface area contributed by atoms with Gasteiger partial charge in [-0.1, -0.05) is 12.1 Å². The molecule has 14 nitrogen and oxygen atoms in total. The second kappa shape index (κ2) is 10.3. The summed E-state index contributed by atoms with van der Waals surface area (Å²) in [7, 11) is 0. The van der Waals surface area contributed by atoms with Crippen molar-refractivity contribution in [1.29, 1.82) is 0 Å². The number of nitro groups is 1. The average Bonchev–Trinajstić information content (AvgIpc) is 2.78. The zero-order chi connectivity index (χ0) is 23.6. The summed E-state index contributed by atoms with van der Waals surface area (Å²) in [5.41, 5.74) is -0.429. The number of para-hydroxylation sites is 2. The molecule has 14 heteroatoms. The van der Waals surface area contributed by atoms with Crippen LogP contribution in [0, 0.1) is 10.1 Å². The van der Waals surface area contributed by atoms with E-state index < -0.39 is 85.2 Å². The molecule has 3 rings (SSSR count). The fourth-order valence-electron chi connectivity index (χ4n) is 3.48. The van der Waals surface area contributed by atoms with Crippen molar-refractivity contribution in [2.24, 2.45) is 0 Å². The lowest BCUT2D eigenvalue weighted by molar-refractivity contribution is -0.387. The normalized spacial score (nSPS) is 40.1. The molecule has 0 bridgehead atoms. The van der Waals surface area contributed by atoms with Gasteiger partial charge < -0.3 is 54.7 Å². The molecule has 0 aliphatic carbocycles. The molecule has 0 aromatic heterocycles. The SMILES string of the molecule is O=[N+]([O-])c1ccccc1O[C@@H]1O[C@H](CO)[C@@H](O)[C@H](O[C@@H]2O[C@H](CO)[C@@H](O)[C@H](O)[C@H]2O)[C@H]1O. The standard InChI is InChI=1S/C18H25NO13/c20-5-9-11(22)13(24)14(25)17(30-9)32-16-12(23)10(6-21)31-18(15(16)26)29-8-4-2-1-3-7(8)19(27)28/h1-4,9-18,20-26H,5-6H2/t9-,10-,11-,12-,13+,14-,15-,16+,17+,18-/m1/s1. The van der Waals surface area contributed by atoms with Gasteiger partial charge in [-0.2, -0.15) is 0 Å². The molecule has 2 heterocycles. The Morgan fingerprint density at radius 1 is 0.844 bits per heavy atom. The Balaban J connectivity index is 1.81. The molecule has 2 saturated heterocycles. The second-order valence-corrected chi connectivity index (χ2v) is 7.35. The van der Waals surface area contributed by atoms with Gasteiger partial charge in [0.15, 0.2) is 12.0 Å². The van der Waals surface area contributed by atoms with Crippen molar-refractivity contribution in [1.82, 2.24) is 0 Å². The lowest BCUT2D eigenvalue weighted by Gasteiger charge is -2.45. The molecule has 2 fully saturated rings. The van der Waals surface area contributed by atoms with Crippen LogP contribution in [0.5, 0.6) is 5.75 Å². The van der Waals surface area contributed by atoms with Crippen LogP contribution < -0.4 is 4.74 Å². The van der Waals surface area contributed by atoms with Gasteiger partial charge in [0, 0.05) is 6.07 Å². The summed E-state index contributed by atoms with van der Waals surface area (Å²) >= 11 is 0. The molecule has 10 atom stereocenters. The van der Waals surface area contributed by atoms with Crippen molar-refractivity contribution in [2.75, 3.05) is 13.2 Å². The van der Waals surface area contributed by atoms with Crippen LogP contribution in [0.15, 0.2) is 24.3 Å². The highest BCUT2D eigenvalue weighted by atomic mass is 16.7. The Hall–Kier alpha value is -1.98. The Labute approximate surface area is 180 Å². The van der Waals surface area contributed by atoms with E-state index in [0.29, 0.717) is 0 Å². The lowest BCUT2D eigenvalue weighted by atomic mass is 9.97. The minimum Gasteiger partial charge on any atom is -0.455 e. The zero-order valence-electron chi connectivity index (χ0n) is 16.5. The van der Waals surface area contributed by atoms with E-state index in [1.807, 2.05) is 0 Å². The number of hydrogen-bond acceptors (Lipinski definition) is 13. The van der Waals surface area contributed by atoms with Crippen molar-refractivity contribution in [3.05, 3.63) is 34.4 Å². The number of ether oxygens (including phenoxy) is 4. The molecule has 0 saturated carbocycles. The summed E-state index contributed by atoms with van der Waals surface area (Å²) in [4.78, 5) is 10.5. The van der Waals surface area contributed by atoms with Gasteiger partial charge in [-0.3, -0.25) is 10.1 Å². The maximum Gasteiger partial charge on any atom is 0.311 e. The Bertz CT molecular complexity index is 779. The third-order valence-corrected chi connectivity index (χ3v) is 5.27. The van der Waals surface area contributed by atoms with Gasteiger partial charge in [-0.05, 0) is 6.07 Å². The van der Waals surface area contributed by atoms with E-state index in [4.69, 9.17) is 18.9 Å². The van der Waals surface area contributed by atoms with E-state index in [2.05, 4.69) is 0 Å². The van der Waals surface area contributed by atoms with Crippen LogP contribution in [-0.4, -0.2) is 115 Å². The number of rotatable bonds is 7. The number of nitrogens with zero attached hydrogens (tertiary/aromatic N) is 1. The molecule has 0 spiro atoms. The molecular weight excluding hydrogens is 438 g/mol. The van der Waals surface area contributed by atoms with Crippen LogP contribution in [0.3, 0.4) is 0 Å². The summed E-state index contributed by atoms with van der Waals surface area (Å²) in [6, 6.07) is 5.25. The van der Waals surface area contributed by atoms with Crippen molar-refractivity contribution in [2.45, 2.75) is 61.4 Å². The highest BCUT2D eigenvalue weighted by molar-refractivity contribution is 5.45. The highest BCUT2D eigenvalue weighted by Gasteiger charge is 2.51. The monoisotopic (exact) mass is 463 g/mol. The zero-order valence-corrected chi connectivity index (χ0v) is 16.5. The molecule has 2 aliphatic rings. The molecule has 7 N–H and O–H groups in total. The second-order valence-electron chi connectivity index (χ2n) is 7.35. The van der Waals surface area contributed by atoms with Gasteiger partial charge in [-0.15, -0.1) is 0 Å². The number of hydrogen-bond donors (Lipinski definition) is 7. The van der Waals surface area contributed by atoms with E-state index in [9.17, 15) is 45.9 Å². The van der Waals surface area contributed by atoms with Crippen LogP contribution in [-0.2, 0) is 14.2 Å². The number of nitro benzene ring substituents is 1. The molecule has 2 aliphatic heterocycles. The van der Waals surface area contributed by atoms with Crippen LogP contribution in [0.4, 0.5) is 5.69 Å². The predicted octanol–water partition coefficient (Wildman–Crippen LogP) is -3.40. The van der Waals surface area contributed by atoms with Crippen LogP contribution in [0.1, 0.15) is 0 Å². The Kier molecular flexibility index (Phi) is 7.94. The Morgan fingerprint density at radius 2 is 1.44 bits per heavy atom. The maximum absolute atomic E-state index is 11.2. The first kappa shape index (κ1) is 24.7. The molecule has 32 heavy (non-hydrogen) atoms. The average molecular weight is 463 g/mol. The first-order chi connectivity index (χ1) is 15.2. The van der Waals surface area contributed by atoms with Crippen LogP contribution >= 0.6 is 0 Å². The van der Waals surface area contributed by atoms with Gasteiger partial charge in [0.05, 0.1) is 18.1 Å². The van der Waals surface area contributed by atoms with E-state index in [1.54, 1.807) is 0 Å². The Morgan fingerprint density at radius 3 is 2.06 bits per heavy atom. The quantitative estimate of drug-likeness (QED) is 0.155. The van der Waals surface area contributed by atoms with E-state index in [-0.39, 0.29) is 5.75 Å². The molecule has 1 aromatic carbocycles. The summed E-state index contributed by atoms with van der Waals surface area (Å²) in [6.07, 6.45) is -16.4. The highest BCUT2D eigenvalue weighted by Crippen LogP contribution is 2.33. The van der Waals surface area contributed by atoms with Crippen molar-refractivity contribution in [3.8, 4) is 5.75 Å². The number of aliphatic hydroxyl groups excluding tert-OH is 7. The minimum atomic E-state index is -1.82. The molecule has 0 radical (unpaired) electrons. The summed E-state index contributed by atoms with van der Waals surface area (Å²) in [5, 5.41) is 81.1. The summed E-state index contributed by atoms with van der Waals surface area (Å²) < 4.78 is 21.4. The summed E-state index contributed by atoms with van der Waals surface area (Å²) in [6.45, 7) is -1.48. The third kappa shape index (κ3) is 4.84. The topological polar surface area (TPSA) is 222 Å². The van der Waals surface area contributed by atoms with Crippen molar-refractivity contribution < 1.29 is 59.6 Å². The summed E-state index contributed by atoms with van der Waals surface area (Å²) in [5.74, 6) is -0.263. The molecule has 1 aromatic rings. The number of benzene rings is 1. The lowest BCUT2D eigenvalue weighted by Crippen LogP contribution is -2.65. The fourth-order valence-corrected chi connectivity index (χ4v) is 3.48. The van der Waals surface area contributed by atoms with Gasteiger partial charge in [0.2, 0.25) is 6.29 Å². The van der Waals surface area contributed by atoms with Gasteiger partial charge >= 0.3 is 5.69 Å².